The first-order valence-corrected chi connectivity index (χ1v) is 17.9. The number of halogens is 4. The Morgan fingerprint density at radius 2 is 1.35 bits per heavy atom. The van der Waals surface area contributed by atoms with Crippen LogP contribution in [0.4, 0.5) is 17.6 Å². The van der Waals surface area contributed by atoms with Gasteiger partial charge in [0.1, 0.15) is 11.6 Å². The molecule has 280 valence electrons. The third-order valence-corrected chi connectivity index (χ3v) is 9.93. The lowest BCUT2D eigenvalue weighted by Crippen LogP contribution is -2.24. The summed E-state index contributed by atoms with van der Waals surface area (Å²) in [6.07, 6.45) is 7.54. The summed E-state index contributed by atoms with van der Waals surface area (Å²) in [5.74, 6) is -4.54. The quantitative estimate of drug-likeness (QED) is 0.0589. The molecule has 3 aromatic rings. The molecule has 1 saturated carbocycles. The van der Waals surface area contributed by atoms with Gasteiger partial charge in [-0.3, -0.25) is 0 Å². The summed E-state index contributed by atoms with van der Waals surface area (Å²) in [6.45, 7) is 7.78. The molecule has 52 heavy (non-hydrogen) atoms. The predicted molar refractivity (Wildman–Crippen MR) is 192 cm³/mol. The topological polar surface area (TPSA) is 93.1 Å². The Morgan fingerprint density at radius 1 is 0.769 bits per heavy atom. The van der Waals surface area contributed by atoms with Crippen molar-refractivity contribution >= 4 is 11.9 Å². The molecule has 1 aliphatic rings. The normalized spacial score (nSPS) is 15.8. The van der Waals surface area contributed by atoms with Crippen LogP contribution in [0, 0.1) is 35.1 Å². The van der Waals surface area contributed by atoms with E-state index < -0.39 is 48.4 Å². The molecule has 0 atom stereocenters. The maximum Gasteiger partial charge on any atom is 0.335 e. The number of ether oxygens (including phenoxy) is 2. The van der Waals surface area contributed by atoms with Crippen molar-refractivity contribution in [2.24, 2.45) is 11.8 Å². The second-order valence-corrected chi connectivity index (χ2v) is 13.7. The number of carbonyl (C=O) groups is 2. The summed E-state index contributed by atoms with van der Waals surface area (Å²) in [6, 6.07) is 11.8. The van der Waals surface area contributed by atoms with E-state index in [1.54, 1.807) is 18.2 Å². The van der Waals surface area contributed by atoms with E-state index in [2.05, 4.69) is 13.2 Å². The van der Waals surface area contributed by atoms with Crippen LogP contribution in [-0.2, 0) is 25.5 Å². The van der Waals surface area contributed by atoms with Gasteiger partial charge in [0.15, 0.2) is 11.6 Å². The fourth-order valence-corrected chi connectivity index (χ4v) is 6.68. The second kappa shape index (κ2) is 19.5. The minimum Gasteiger partial charge on any atom is -0.462 e. The summed E-state index contributed by atoms with van der Waals surface area (Å²) in [4.78, 5) is 24.0. The van der Waals surface area contributed by atoms with Gasteiger partial charge in [0.2, 0.25) is 0 Å². The van der Waals surface area contributed by atoms with Crippen molar-refractivity contribution < 1.29 is 46.8 Å². The van der Waals surface area contributed by atoms with Crippen LogP contribution in [0.2, 0.25) is 0 Å². The van der Waals surface area contributed by atoms with Crippen molar-refractivity contribution in [3.8, 4) is 22.3 Å². The molecule has 2 N–H and O–H groups in total. The standard InChI is InChI=1S/C42H48F4O6/c1-4-5-6-7-31-14-19-36(40(46)39(31)45)33-16-18-35(38(44)21-33)32-15-17-34(37(43)20-32)30-12-10-28(11-13-30)8-9-29(24-51-41(49)26(2)22-47)25-52-42(50)27(3)23-48/h14-21,28-30,47-48H,2-13,22-25H2,1H3. The highest BCUT2D eigenvalue weighted by Gasteiger charge is 2.27. The first-order chi connectivity index (χ1) is 25.0. The molecule has 0 amide bonds. The van der Waals surface area contributed by atoms with Crippen LogP contribution in [0.5, 0.6) is 0 Å². The van der Waals surface area contributed by atoms with Crippen molar-refractivity contribution in [1.82, 2.24) is 0 Å². The molecule has 0 radical (unpaired) electrons. The number of unbranched alkanes of at least 4 members (excludes halogenated alkanes) is 2. The van der Waals surface area contributed by atoms with Crippen LogP contribution in [0.25, 0.3) is 22.3 Å². The van der Waals surface area contributed by atoms with Crippen LogP contribution < -0.4 is 0 Å². The molecular formula is C42H48F4O6. The molecule has 0 aromatic heterocycles. The number of aliphatic hydroxyl groups is 2. The second-order valence-electron chi connectivity index (χ2n) is 13.7. The SMILES string of the molecule is C=C(CO)C(=O)OCC(CCC1CCC(c2ccc(-c3ccc(-c4ccc(CCCCC)c(F)c4F)cc3F)cc2F)CC1)COC(=O)C(=C)CO. The number of esters is 2. The number of benzene rings is 3. The number of aryl methyl sites for hydroxylation is 1. The van der Waals surface area contributed by atoms with E-state index >= 15 is 8.78 Å². The fourth-order valence-electron chi connectivity index (χ4n) is 6.68. The van der Waals surface area contributed by atoms with Crippen molar-refractivity contribution in [2.75, 3.05) is 26.4 Å². The van der Waals surface area contributed by atoms with E-state index in [1.165, 1.54) is 24.3 Å². The Labute approximate surface area is 303 Å². The van der Waals surface area contributed by atoms with Crippen LogP contribution in [0.1, 0.15) is 81.8 Å². The molecule has 3 aromatic carbocycles. The summed E-state index contributed by atoms with van der Waals surface area (Å²) in [7, 11) is 0. The Morgan fingerprint density at radius 3 is 1.92 bits per heavy atom. The first-order valence-electron chi connectivity index (χ1n) is 17.9. The Balaban J connectivity index is 1.35. The minimum atomic E-state index is -1.01. The summed E-state index contributed by atoms with van der Waals surface area (Å²) in [5.41, 5.74) is 1.34. The van der Waals surface area contributed by atoms with Crippen LogP contribution in [-0.4, -0.2) is 48.6 Å². The number of carbonyl (C=O) groups excluding carboxylic acids is 2. The molecule has 6 nitrogen and oxygen atoms in total. The van der Waals surface area contributed by atoms with Gasteiger partial charge in [-0.2, -0.15) is 0 Å². The zero-order valence-electron chi connectivity index (χ0n) is 29.7. The number of hydrogen-bond donors (Lipinski definition) is 2. The van der Waals surface area contributed by atoms with E-state index in [4.69, 9.17) is 19.7 Å². The van der Waals surface area contributed by atoms with Gasteiger partial charge < -0.3 is 19.7 Å². The van der Waals surface area contributed by atoms with Gasteiger partial charge in [-0.1, -0.05) is 69.3 Å². The number of aliphatic hydroxyl groups excluding tert-OH is 2. The highest BCUT2D eigenvalue weighted by Crippen LogP contribution is 2.40. The van der Waals surface area contributed by atoms with Crippen LogP contribution in [0.3, 0.4) is 0 Å². The van der Waals surface area contributed by atoms with Gasteiger partial charge in [-0.25, -0.2) is 27.2 Å². The Bertz CT molecular complexity index is 1700. The van der Waals surface area contributed by atoms with Crippen molar-refractivity contribution in [2.45, 2.75) is 77.0 Å². The van der Waals surface area contributed by atoms with Crippen molar-refractivity contribution in [3.05, 3.63) is 107 Å². The van der Waals surface area contributed by atoms with Gasteiger partial charge in [-0.15, -0.1) is 0 Å². The van der Waals surface area contributed by atoms with Gasteiger partial charge >= 0.3 is 11.9 Å². The molecule has 0 bridgehead atoms. The molecule has 0 aliphatic heterocycles. The summed E-state index contributed by atoms with van der Waals surface area (Å²) >= 11 is 0. The van der Waals surface area contributed by atoms with Gasteiger partial charge in [-0.05, 0) is 97.6 Å². The molecule has 0 spiro atoms. The smallest absolute Gasteiger partial charge is 0.335 e. The van der Waals surface area contributed by atoms with Gasteiger partial charge in [0.05, 0.1) is 37.6 Å². The maximum atomic E-state index is 15.5. The van der Waals surface area contributed by atoms with Gasteiger partial charge in [0, 0.05) is 17.0 Å². The molecule has 1 aliphatic carbocycles. The third-order valence-electron chi connectivity index (χ3n) is 9.93. The molecule has 0 heterocycles. The zero-order chi connectivity index (χ0) is 37.8. The third kappa shape index (κ3) is 10.6. The van der Waals surface area contributed by atoms with E-state index in [0.29, 0.717) is 35.4 Å². The monoisotopic (exact) mass is 724 g/mol. The average Bonchev–Trinajstić information content (AvgIpc) is 3.15. The summed E-state index contributed by atoms with van der Waals surface area (Å²) < 4.78 is 71.1. The molecule has 10 heteroatoms. The molecule has 0 unspecified atom stereocenters. The highest BCUT2D eigenvalue weighted by atomic mass is 19.2. The number of rotatable bonds is 18. The highest BCUT2D eigenvalue weighted by molar-refractivity contribution is 5.88. The largest absolute Gasteiger partial charge is 0.462 e. The lowest BCUT2D eigenvalue weighted by molar-refractivity contribution is -0.144. The zero-order valence-corrected chi connectivity index (χ0v) is 29.7. The van der Waals surface area contributed by atoms with E-state index in [0.717, 1.165) is 57.4 Å². The van der Waals surface area contributed by atoms with E-state index in [-0.39, 0.29) is 52.9 Å². The van der Waals surface area contributed by atoms with Crippen LogP contribution in [0.15, 0.2) is 72.8 Å². The van der Waals surface area contributed by atoms with E-state index in [1.807, 2.05) is 6.92 Å². The van der Waals surface area contributed by atoms with Crippen molar-refractivity contribution in [3.63, 3.8) is 0 Å². The van der Waals surface area contributed by atoms with Crippen LogP contribution >= 0.6 is 0 Å². The Kier molecular flexibility index (Phi) is 15.2. The predicted octanol–water partition coefficient (Wildman–Crippen LogP) is 9.16. The van der Waals surface area contributed by atoms with Gasteiger partial charge in [0.25, 0.3) is 0 Å². The summed E-state index contributed by atoms with van der Waals surface area (Å²) in [5, 5.41) is 18.3. The molecule has 1 fully saturated rings. The first kappa shape index (κ1) is 40.5. The molecule has 4 rings (SSSR count). The average molecular weight is 725 g/mol. The minimum absolute atomic E-state index is 0.0213. The maximum absolute atomic E-state index is 15.5. The number of hydrogen-bond acceptors (Lipinski definition) is 6. The molecular weight excluding hydrogens is 676 g/mol. The van der Waals surface area contributed by atoms with E-state index in [9.17, 15) is 18.4 Å². The molecule has 0 saturated heterocycles. The lowest BCUT2D eigenvalue weighted by atomic mass is 9.76. The Hall–Kier alpha value is -4.28. The fraction of sp³-hybridized carbons (Fsp3) is 0.429. The lowest BCUT2D eigenvalue weighted by Gasteiger charge is -2.30. The van der Waals surface area contributed by atoms with Crippen molar-refractivity contribution in [1.29, 1.82) is 0 Å².